The van der Waals surface area contributed by atoms with E-state index >= 15 is 0 Å². The Morgan fingerprint density at radius 3 is 2.45 bits per heavy atom. The molecule has 0 atom stereocenters. The van der Waals surface area contributed by atoms with Gasteiger partial charge >= 0.3 is 0 Å². The number of amides is 1. The lowest BCUT2D eigenvalue weighted by molar-refractivity contribution is -0.121. The van der Waals surface area contributed by atoms with Gasteiger partial charge in [0.15, 0.2) is 0 Å². The molecule has 4 rings (SSSR count). The molecule has 1 aliphatic carbocycles. The molecule has 0 bridgehead atoms. The summed E-state index contributed by atoms with van der Waals surface area (Å²) in [5, 5.41) is 7.40. The summed E-state index contributed by atoms with van der Waals surface area (Å²) in [6.45, 7) is 0.198. The molecule has 1 fully saturated rings. The van der Waals surface area contributed by atoms with Crippen molar-refractivity contribution < 1.29 is 18.1 Å². The molecule has 0 saturated heterocycles. The van der Waals surface area contributed by atoms with Crippen molar-refractivity contribution >= 4 is 17.5 Å². The molecule has 0 aliphatic heterocycles. The Morgan fingerprint density at radius 2 is 1.77 bits per heavy atom. The minimum atomic E-state index is -0.711. The minimum absolute atomic E-state index is 0.0808. The number of aryl methyl sites for hydroxylation is 1. The van der Waals surface area contributed by atoms with Crippen LogP contribution in [0, 0.1) is 11.6 Å². The summed E-state index contributed by atoms with van der Waals surface area (Å²) in [5.41, 5.74) is 0.133. The summed E-state index contributed by atoms with van der Waals surface area (Å²) < 4.78 is 34.1. The van der Waals surface area contributed by atoms with Crippen LogP contribution >= 0.6 is 11.6 Å². The molecule has 2 aromatic carbocycles. The SMILES string of the molecule is O=C(CCc1nc(-c2ccc(Cl)cc2)no1)NCC1(c2c(F)cccc2F)CCCC1. The van der Waals surface area contributed by atoms with Crippen molar-refractivity contribution in [3.8, 4) is 11.4 Å². The van der Waals surface area contributed by atoms with Crippen LogP contribution in [0.15, 0.2) is 47.0 Å². The number of benzene rings is 2. The minimum Gasteiger partial charge on any atom is -0.355 e. The van der Waals surface area contributed by atoms with Crippen molar-refractivity contribution in [1.29, 1.82) is 0 Å². The van der Waals surface area contributed by atoms with Gasteiger partial charge in [0.2, 0.25) is 17.6 Å². The molecule has 0 radical (unpaired) electrons. The van der Waals surface area contributed by atoms with Gasteiger partial charge in [-0.1, -0.05) is 35.7 Å². The maximum atomic E-state index is 14.4. The predicted molar refractivity (Wildman–Crippen MR) is 113 cm³/mol. The van der Waals surface area contributed by atoms with Crippen molar-refractivity contribution in [2.75, 3.05) is 6.54 Å². The number of nitrogens with zero attached hydrogens (tertiary/aromatic N) is 2. The molecule has 1 aromatic heterocycles. The fourth-order valence-electron chi connectivity index (χ4n) is 4.22. The van der Waals surface area contributed by atoms with E-state index in [0.29, 0.717) is 29.6 Å². The maximum Gasteiger partial charge on any atom is 0.227 e. The summed E-state index contributed by atoms with van der Waals surface area (Å²) in [6, 6.07) is 10.9. The Morgan fingerprint density at radius 1 is 1.10 bits per heavy atom. The first-order valence-electron chi connectivity index (χ1n) is 10.3. The van der Waals surface area contributed by atoms with Crippen molar-refractivity contribution in [2.24, 2.45) is 0 Å². The van der Waals surface area contributed by atoms with Crippen molar-refractivity contribution in [2.45, 2.75) is 43.9 Å². The van der Waals surface area contributed by atoms with E-state index in [4.69, 9.17) is 16.1 Å². The lowest BCUT2D eigenvalue weighted by Gasteiger charge is -2.30. The van der Waals surface area contributed by atoms with Crippen molar-refractivity contribution in [1.82, 2.24) is 15.5 Å². The predicted octanol–water partition coefficient (Wildman–Crippen LogP) is 5.23. The molecular formula is C23H22ClF2N3O2. The molecule has 1 aliphatic rings. The molecule has 8 heteroatoms. The number of carbonyl (C=O) groups is 1. The zero-order valence-corrected chi connectivity index (χ0v) is 17.6. The van der Waals surface area contributed by atoms with Crippen LogP contribution < -0.4 is 5.32 Å². The first-order valence-corrected chi connectivity index (χ1v) is 10.6. The summed E-state index contributed by atoms with van der Waals surface area (Å²) in [7, 11) is 0. The quantitative estimate of drug-likeness (QED) is 0.540. The van der Waals surface area contributed by atoms with Crippen LogP contribution in [0.3, 0.4) is 0 Å². The van der Waals surface area contributed by atoms with Gasteiger partial charge in [-0.15, -0.1) is 0 Å². The summed E-state index contributed by atoms with van der Waals surface area (Å²) >= 11 is 5.88. The third kappa shape index (κ3) is 4.77. The standard InChI is InChI=1S/C23H22ClF2N3O2/c24-16-8-6-15(7-9-16)22-28-20(31-29-22)11-10-19(30)27-14-23(12-1-2-13-23)21-17(25)4-3-5-18(21)26/h3-9H,1-2,10-14H2,(H,27,30). The Balaban J connectivity index is 1.36. The van der Waals surface area contributed by atoms with Gasteiger partial charge in [0.25, 0.3) is 0 Å². The van der Waals surface area contributed by atoms with Gasteiger partial charge < -0.3 is 9.84 Å². The lowest BCUT2D eigenvalue weighted by Crippen LogP contribution is -2.40. The van der Waals surface area contributed by atoms with Crippen LogP contribution in [-0.2, 0) is 16.6 Å². The van der Waals surface area contributed by atoms with Crippen LogP contribution in [0.1, 0.15) is 43.6 Å². The normalized spacial score (nSPS) is 15.2. The average molecular weight is 446 g/mol. The van der Waals surface area contributed by atoms with E-state index in [0.717, 1.165) is 18.4 Å². The van der Waals surface area contributed by atoms with Crippen LogP contribution in [-0.4, -0.2) is 22.6 Å². The third-order valence-electron chi connectivity index (χ3n) is 5.81. The third-order valence-corrected chi connectivity index (χ3v) is 6.07. The van der Waals surface area contributed by atoms with E-state index in [1.165, 1.54) is 18.2 Å². The second-order valence-corrected chi connectivity index (χ2v) is 8.32. The Hall–Kier alpha value is -2.80. The van der Waals surface area contributed by atoms with Gasteiger partial charge in [0.1, 0.15) is 11.6 Å². The molecule has 3 aromatic rings. The lowest BCUT2D eigenvalue weighted by atomic mass is 9.78. The van der Waals surface area contributed by atoms with Gasteiger partial charge in [-0.3, -0.25) is 4.79 Å². The molecular weight excluding hydrogens is 424 g/mol. The van der Waals surface area contributed by atoms with Gasteiger partial charge in [-0.25, -0.2) is 8.78 Å². The number of aromatic nitrogens is 2. The van der Waals surface area contributed by atoms with E-state index in [1.54, 1.807) is 24.3 Å². The van der Waals surface area contributed by atoms with Gasteiger partial charge in [-0.05, 0) is 49.2 Å². The van der Waals surface area contributed by atoms with Crippen LogP contribution in [0.4, 0.5) is 8.78 Å². The largest absolute Gasteiger partial charge is 0.355 e. The van der Waals surface area contributed by atoms with E-state index in [1.807, 2.05) is 0 Å². The van der Waals surface area contributed by atoms with E-state index in [2.05, 4.69) is 15.5 Å². The zero-order valence-electron chi connectivity index (χ0n) is 16.8. The number of hydrogen-bond donors (Lipinski definition) is 1. The first-order chi connectivity index (χ1) is 15.0. The molecule has 1 saturated carbocycles. The summed E-state index contributed by atoms with van der Waals surface area (Å²) in [4.78, 5) is 16.7. The molecule has 0 unspecified atom stereocenters. The Kier molecular flexibility index (Phi) is 6.32. The van der Waals surface area contributed by atoms with E-state index < -0.39 is 17.0 Å². The molecule has 1 amide bonds. The van der Waals surface area contributed by atoms with Gasteiger partial charge in [0, 0.05) is 41.0 Å². The Bertz CT molecular complexity index is 1040. The fourth-order valence-corrected chi connectivity index (χ4v) is 4.35. The van der Waals surface area contributed by atoms with E-state index in [9.17, 15) is 13.6 Å². The zero-order chi connectivity index (χ0) is 21.8. The monoisotopic (exact) mass is 445 g/mol. The van der Waals surface area contributed by atoms with Gasteiger partial charge in [-0.2, -0.15) is 4.98 Å². The highest BCUT2D eigenvalue weighted by Gasteiger charge is 2.40. The summed E-state index contributed by atoms with van der Waals surface area (Å²) in [5.74, 6) is -0.578. The van der Waals surface area contributed by atoms with Crippen LogP contribution in [0.25, 0.3) is 11.4 Å². The van der Waals surface area contributed by atoms with Crippen molar-refractivity contribution in [3.63, 3.8) is 0 Å². The second kappa shape index (κ2) is 9.14. The smallest absolute Gasteiger partial charge is 0.227 e. The fraction of sp³-hybridized carbons (Fsp3) is 0.348. The molecule has 162 valence electrons. The maximum absolute atomic E-state index is 14.4. The molecule has 5 nitrogen and oxygen atoms in total. The topological polar surface area (TPSA) is 68.0 Å². The molecule has 1 N–H and O–H groups in total. The number of carbonyl (C=O) groups excluding carboxylic acids is 1. The second-order valence-electron chi connectivity index (χ2n) is 7.88. The molecule has 1 heterocycles. The average Bonchev–Trinajstić information content (AvgIpc) is 3.42. The number of nitrogens with one attached hydrogen (secondary N) is 1. The van der Waals surface area contributed by atoms with Crippen LogP contribution in [0.5, 0.6) is 0 Å². The molecule has 31 heavy (non-hydrogen) atoms. The molecule has 0 spiro atoms. The highest BCUT2D eigenvalue weighted by molar-refractivity contribution is 6.30. The highest BCUT2D eigenvalue weighted by atomic mass is 35.5. The van der Waals surface area contributed by atoms with Gasteiger partial charge in [0.05, 0.1) is 0 Å². The number of halogens is 3. The van der Waals surface area contributed by atoms with Crippen molar-refractivity contribution in [3.05, 3.63) is 70.6 Å². The van der Waals surface area contributed by atoms with Crippen LogP contribution in [0.2, 0.25) is 5.02 Å². The number of rotatable bonds is 7. The van der Waals surface area contributed by atoms with E-state index in [-0.39, 0.29) is 30.9 Å². The highest BCUT2D eigenvalue weighted by Crippen LogP contribution is 2.42. The summed E-state index contributed by atoms with van der Waals surface area (Å²) in [6.07, 6.45) is 3.43. The first kappa shape index (κ1) is 21.4. The Labute approximate surface area is 183 Å². The number of hydrogen-bond acceptors (Lipinski definition) is 4.